The molecule has 0 N–H and O–H groups in total. The van der Waals surface area contributed by atoms with E-state index in [4.69, 9.17) is 16.9 Å². The summed E-state index contributed by atoms with van der Waals surface area (Å²) in [6.45, 7) is 1.01. The van der Waals surface area contributed by atoms with Crippen molar-refractivity contribution >= 4 is 17.3 Å². The molecule has 1 aromatic carbocycles. The highest BCUT2D eigenvalue weighted by atomic mass is 35.5. The van der Waals surface area contributed by atoms with Gasteiger partial charge in [0.25, 0.3) is 0 Å². The van der Waals surface area contributed by atoms with Gasteiger partial charge in [-0.25, -0.2) is 0 Å². The van der Waals surface area contributed by atoms with Crippen molar-refractivity contribution in [2.75, 3.05) is 24.4 Å². The number of halogens is 1. The van der Waals surface area contributed by atoms with Gasteiger partial charge in [-0.2, -0.15) is 5.26 Å². The van der Waals surface area contributed by atoms with Gasteiger partial charge in [0.1, 0.15) is 0 Å². The Kier molecular flexibility index (Phi) is 5.74. The Morgan fingerprint density at radius 2 is 2.12 bits per heavy atom. The molecule has 86 valence electrons. The van der Waals surface area contributed by atoms with Crippen molar-refractivity contribution in [1.29, 1.82) is 5.26 Å². The van der Waals surface area contributed by atoms with Gasteiger partial charge in [-0.05, 0) is 31.0 Å². The van der Waals surface area contributed by atoms with Crippen molar-refractivity contribution in [1.82, 2.24) is 0 Å². The highest BCUT2D eigenvalue weighted by Gasteiger charge is 2.01. The van der Waals surface area contributed by atoms with Crippen LogP contribution in [0.4, 0.5) is 5.69 Å². The highest BCUT2D eigenvalue weighted by molar-refractivity contribution is 6.17. The largest absolute Gasteiger partial charge is 0.375 e. The number of hydrogen-bond donors (Lipinski definition) is 0. The third-order valence-corrected chi connectivity index (χ3v) is 2.81. The van der Waals surface area contributed by atoms with Crippen LogP contribution < -0.4 is 4.90 Å². The van der Waals surface area contributed by atoms with Crippen molar-refractivity contribution in [3.05, 3.63) is 29.8 Å². The summed E-state index contributed by atoms with van der Waals surface area (Å²) in [6, 6.07) is 9.85. The average Bonchev–Trinajstić information content (AvgIpc) is 2.34. The Bertz CT molecular complexity index is 357. The first-order chi connectivity index (χ1) is 7.77. The van der Waals surface area contributed by atoms with E-state index in [2.05, 4.69) is 18.0 Å². The zero-order valence-corrected chi connectivity index (χ0v) is 10.4. The summed E-state index contributed by atoms with van der Waals surface area (Å²) < 4.78 is 0. The number of nitrogens with zero attached hydrogens (tertiary/aromatic N) is 2. The molecule has 0 amide bonds. The quantitative estimate of drug-likeness (QED) is 0.559. The minimum Gasteiger partial charge on any atom is -0.375 e. The van der Waals surface area contributed by atoms with E-state index in [1.54, 1.807) is 0 Å². The lowest BCUT2D eigenvalue weighted by molar-refractivity contribution is 0.708. The number of nitriles is 1. The fourth-order valence-electron chi connectivity index (χ4n) is 1.56. The van der Waals surface area contributed by atoms with Gasteiger partial charge in [0, 0.05) is 25.2 Å². The zero-order valence-electron chi connectivity index (χ0n) is 9.62. The van der Waals surface area contributed by atoms with Gasteiger partial charge in [-0.1, -0.05) is 12.5 Å². The Balaban J connectivity index is 2.46. The van der Waals surface area contributed by atoms with E-state index < -0.39 is 0 Å². The van der Waals surface area contributed by atoms with Crippen LogP contribution in [0.2, 0.25) is 0 Å². The summed E-state index contributed by atoms with van der Waals surface area (Å²) in [6.07, 6.45) is 3.37. The van der Waals surface area contributed by atoms with Crippen molar-refractivity contribution in [2.24, 2.45) is 0 Å². The molecule has 0 atom stereocenters. The van der Waals surface area contributed by atoms with Crippen molar-refractivity contribution in [2.45, 2.75) is 19.3 Å². The summed E-state index contributed by atoms with van der Waals surface area (Å²) in [5.74, 6) is 0.744. The van der Waals surface area contributed by atoms with Crippen molar-refractivity contribution in [3.8, 4) is 6.07 Å². The molecule has 0 unspecified atom stereocenters. The van der Waals surface area contributed by atoms with Gasteiger partial charge >= 0.3 is 0 Å². The molecule has 0 spiro atoms. The first-order valence-electron chi connectivity index (χ1n) is 5.55. The molecule has 16 heavy (non-hydrogen) atoms. The van der Waals surface area contributed by atoms with E-state index in [1.807, 2.05) is 24.3 Å². The molecule has 0 fully saturated rings. The molecule has 0 saturated heterocycles. The summed E-state index contributed by atoms with van der Waals surface area (Å²) in [4.78, 5) is 2.18. The molecule has 0 aliphatic heterocycles. The van der Waals surface area contributed by atoms with E-state index in [-0.39, 0.29) is 0 Å². The lowest BCUT2D eigenvalue weighted by Crippen LogP contribution is -2.18. The SMILES string of the molecule is CN(CCCCCCl)c1cccc(C#N)c1. The van der Waals surface area contributed by atoms with E-state index >= 15 is 0 Å². The molecular weight excluding hydrogens is 220 g/mol. The fourth-order valence-corrected chi connectivity index (χ4v) is 1.75. The molecule has 3 heteroatoms. The van der Waals surface area contributed by atoms with Gasteiger partial charge in [0.05, 0.1) is 11.6 Å². The number of benzene rings is 1. The van der Waals surface area contributed by atoms with E-state index in [1.165, 1.54) is 0 Å². The second-order valence-corrected chi connectivity index (χ2v) is 4.21. The van der Waals surface area contributed by atoms with Gasteiger partial charge in [-0.15, -0.1) is 11.6 Å². The summed E-state index contributed by atoms with van der Waals surface area (Å²) in [5.41, 5.74) is 1.81. The van der Waals surface area contributed by atoms with Gasteiger partial charge < -0.3 is 4.90 Å². The lowest BCUT2D eigenvalue weighted by Gasteiger charge is -2.19. The van der Waals surface area contributed by atoms with Crippen LogP contribution in [0.5, 0.6) is 0 Å². The lowest BCUT2D eigenvalue weighted by atomic mass is 10.2. The maximum atomic E-state index is 8.81. The second-order valence-electron chi connectivity index (χ2n) is 3.83. The predicted octanol–water partition coefficient (Wildman–Crippen LogP) is 3.40. The van der Waals surface area contributed by atoms with Crippen LogP contribution in [0.25, 0.3) is 0 Å². The summed E-state index contributed by atoms with van der Waals surface area (Å²) in [5, 5.41) is 8.81. The first-order valence-corrected chi connectivity index (χ1v) is 6.08. The van der Waals surface area contributed by atoms with E-state index in [0.717, 1.165) is 37.4 Å². The second kappa shape index (κ2) is 7.14. The smallest absolute Gasteiger partial charge is 0.0992 e. The Hall–Kier alpha value is -1.20. The van der Waals surface area contributed by atoms with Crippen molar-refractivity contribution in [3.63, 3.8) is 0 Å². The van der Waals surface area contributed by atoms with Crippen LogP contribution in [0, 0.1) is 11.3 Å². The van der Waals surface area contributed by atoms with Gasteiger partial charge in [0.2, 0.25) is 0 Å². The Morgan fingerprint density at radius 3 is 2.81 bits per heavy atom. The van der Waals surface area contributed by atoms with Gasteiger partial charge in [-0.3, -0.25) is 0 Å². The normalized spacial score (nSPS) is 9.81. The standard InChI is InChI=1S/C13H17ClN2/c1-16(9-4-2-3-8-14)13-7-5-6-12(10-13)11-15/h5-7,10H,2-4,8-9H2,1H3. The maximum Gasteiger partial charge on any atom is 0.0992 e. The first kappa shape index (κ1) is 12.9. The highest BCUT2D eigenvalue weighted by Crippen LogP contribution is 2.15. The van der Waals surface area contributed by atoms with Crippen LogP contribution in [0.15, 0.2) is 24.3 Å². The monoisotopic (exact) mass is 236 g/mol. The number of rotatable bonds is 6. The van der Waals surface area contributed by atoms with Crippen molar-refractivity contribution < 1.29 is 0 Å². The fraction of sp³-hybridized carbons (Fsp3) is 0.462. The summed E-state index contributed by atoms with van der Waals surface area (Å²) >= 11 is 5.62. The van der Waals surface area contributed by atoms with Crippen LogP contribution in [0.3, 0.4) is 0 Å². The van der Waals surface area contributed by atoms with Crippen LogP contribution >= 0.6 is 11.6 Å². The molecule has 0 aliphatic carbocycles. The molecule has 2 nitrogen and oxygen atoms in total. The molecule has 1 aromatic rings. The minimum absolute atomic E-state index is 0.713. The molecule has 0 radical (unpaired) electrons. The Morgan fingerprint density at radius 1 is 1.31 bits per heavy atom. The molecule has 0 bridgehead atoms. The van der Waals surface area contributed by atoms with Gasteiger partial charge in [0.15, 0.2) is 0 Å². The summed E-state index contributed by atoms with van der Waals surface area (Å²) in [7, 11) is 2.05. The molecule has 0 aromatic heterocycles. The van der Waals surface area contributed by atoms with E-state index in [9.17, 15) is 0 Å². The average molecular weight is 237 g/mol. The molecule has 0 aliphatic rings. The number of anilines is 1. The predicted molar refractivity (Wildman–Crippen MR) is 69.0 cm³/mol. The number of alkyl halides is 1. The third kappa shape index (κ3) is 4.12. The maximum absolute atomic E-state index is 8.81. The molecule has 0 heterocycles. The number of unbranched alkanes of at least 4 members (excludes halogenated alkanes) is 2. The molecule has 0 saturated carbocycles. The van der Waals surface area contributed by atoms with Crippen LogP contribution in [-0.2, 0) is 0 Å². The number of hydrogen-bond acceptors (Lipinski definition) is 2. The third-order valence-electron chi connectivity index (χ3n) is 2.54. The van der Waals surface area contributed by atoms with Crippen LogP contribution in [-0.4, -0.2) is 19.5 Å². The molecule has 1 rings (SSSR count). The topological polar surface area (TPSA) is 27.0 Å². The van der Waals surface area contributed by atoms with Crippen LogP contribution in [0.1, 0.15) is 24.8 Å². The molecular formula is C13H17ClN2. The van der Waals surface area contributed by atoms with E-state index in [0.29, 0.717) is 5.56 Å². The Labute approximate surface area is 102 Å². The zero-order chi connectivity index (χ0) is 11.8. The minimum atomic E-state index is 0.713.